The van der Waals surface area contributed by atoms with E-state index in [-0.39, 0.29) is 0 Å². The molecule has 3 heteroatoms. The van der Waals surface area contributed by atoms with E-state index in [1.54, 1.807) is 12.4 Å². The second-order valence-corrected chi connectivity index (χ2v) is 4.07. The molecular weight excluding hydrogens is 220 g/mol. The van der Waals surface area contributed by atoms with Gasteiger partial charge in [-0.3, -0.25) is 4.98 Å². The van der Waals surface area contributed by atoms with Gasteiger partial charge in [0, 0.05) is 24.0 Å². The van der Waals surface area contributed by atoms with E-state index in [1.165, 1.54) is 11.1 Å². The van der Waals surface area contributed by atoms with Gasteiger partial charge in [-0.25, -0.2) is 0 Å². The molecule has 0 bridgehead atoms. The normalized spacial score (nSPS) is 10.4. The second-order valence-electron chi connectivity index (χ2n) is 3.66. The molecule has 0 spiro atoms. The molecule has 82 valence electrons. The van der Waals surface area contributed by atoms with Crippen LogP contribution < -0.4 is 5.73 Å². The Morgan fingerprint density at radius 2 is 1.81 bits per heavy atom. The maximum Gasteiger partial charge on any atom is 0.0453 e. The van der Waals surface area contributed by atoms with Crippen LogP contribution in [-0.2, 0) is 13.0 Å². The van der Waals surface area contributed by atoms with Gasteiger partial charge in [-0.2, -0.15) is 0 Å². The number of rotatable bonds is 3. The zero-order chi connectivity index (χ0) is 11.4. The van der Waals surface area contributed by atoms with Crippen molar-refractivity contribution in [3.63, 3.8) is 0 Å². The molecule has 0 saturated heterocycles. The second kappa shape index (κ2) is 5.10. The minimum atomic E-state index is 0.481. The third kappa shape index (κ3) is 2.60. The molecule has 0 aliphatic carbocycles. The summed E-state index contributed by atoms with van der Waals surface area (Å²) in [5.74, 6) is 0. The number of benzene rings is 1. The van der Waals surface area contributed by atoms with Gasteiger partial charge in [0.15, 0.2) is 0 Å². The number of nitrogens with two attached hydrogens (primary N) is 1. The molecule has 1 aromatic carbocycles. The van der Waals surface area contributed by atoms with Gasteiger partial charge in [-0.05, 0) is 41.3 Å². The summed E-state index contributed by atoms with van der Waals surface area (Å²) in [6, 6.07) is 10.0. The largest absolute Gasteiger partial charge is 0.326 e. The minimum Gasteiger partial charge on any atom is -0.326 e. The van der Waals surface area contributed by atoms with E-state index in [9.17, 15) is 0 Å². The van der Waals surface area contributed by atoms with Gasteiger partial charge in [-0.1, -0.05) is 23.7 Å². The highest BCUT2D eigenvalue weighted by Crippen LogP contribution is 2.19. The molecule has 2 aromatic rings. The van der Waals surface area contributed by atoms with E-state index in [0.717, 1.165) is 17.0 Å². The first kappa shape index (κ1) is 11.1. The lowest BCUT2D eigenvalue weighted by Gasteiger charge is -2.05. The topological polar surface area (TPSA) is 38.9 Å². The Hall–Kier alpha value is -1.38. The van der Waals surface area contributed by atoms with E-state index in [4.69, 9.17) is 17.3 Å². The summed E-state index contributed by atoms with van der Waals surface area (Å²) in [6.45, 7) is 0.481. The Labute approximate surface area is 100 Å². The number of hydrogen-bond donors (Lipinski definition) is 1. The highest BCUT2D eigenvalue weighted by Gasteiger charge is 2.01. The Morgan fingerprint density at radius 3 is 2.44 bits per heavy atom. The molecule has 0 radical (unpaired) electrons. The average Bonchev–Trinajstić information content (AvgIpc) is 2.31. The number of hydrogen-bond acceptors (Lipinski definition) is 2. The molecule has 2 nitrogen and oxygen atoms in total. The van der Waals surface area contributed by atoms with Gasteiger partial charge < -0.3 is 5.73 Å². The van der Waals surface area contributed by atoms with Gasteiger partial charge >= 0.3 is 0 Å². The summed E-state index contributed by atoms with van der Waals surface area (Å²) in [5.41, 5.74) is 8.96. The maximum atomic E-state index is 6.10. The molecule has 1 aromatic heterocycles. The lowest BCUT2D eigenvalue weighted by Crippen LogP contribution is -1.98. The minimum absolute atomic E-state index is 0.481. The van der Waals surface area contributed by atoms with E-state index < -0.39 is 0 Å². The van der Waals surface area contributed by atoms with Crippen LogP contribution >= 0.6 is 11.6 Å². The van der Waals surface area contributed by atoms with Crippen molar-refractivity contribution in [2.45, 2.75) is 13.0 Å². The van der Waals surface area contributed by atoms with Gasteiger partial charge in [0.2, 0.25) is 0 Å². The fourth-order valence-electron chi connectivity index (χ4n) is 1.60. The first-order chi connectivity index (χ1) is 7.79. The molecule has 0 fully saturated rings. The van der Waals surface area contributed by atoms with Crippen molar-refractivity contribution in [2.24, 2.45) is 5.73 Å². The van der Waals surface area contributed by atoms with E-state index >= 15 is 0 Å². The summed E-state index contributed by atoms with van der Waals surface area (Å²) in [5, 5.41) is 0.744. The lowest BCUT2D eigenvalue weighted by molar-refractivity contribution is 1.06. The van der Waals surface area contributed by atoms with E-state index in [1.807, 2.05) is 24.3 Å². The molecule has 2 rings (SSSR count). The summed E-state index contributed by atoms with van der Waals surface area (Å²) in [7, 11) is 0. The number of nitrogens with zero attached hydrogens (tertiary/aromatic N) is 1. The van der Waals surface area contributed by atoms with Crippen LogP contribution in [0.25, 0.3) is 0 Å². The van der Waals surface area contributed by atoms with Crippen molar-refractivity contribution in [3.8, 4) is 0 Å². The summed E-state index contributed by atoms with van der Waals surface area (Å²) < 4.78 is 0. The first-order valence-corrected chi connectivity index (χ1v) is 5.53. The van der Waals surface area contributed by atoms with Crippen molar-refractivity contribution in [1.82, 2.24) is 4.98 Å². The Bertz CT molecular complexity index is 469. The first-order valence-electron chi connectivity index (χ1n) is 5.16. The zero-order valence-corrected chi connectivity index (χ0v) is 9.61. The number of aromatic nitrogens is 1. The summed E-state index contributed by atoms with van der Waals surface area (Å²) >= 11 is 6.10. The molecule has 0 aliphatic rings. The predicted molar refractivity (Wildman–Crippen MR) is 66.4 cm³/mol. The third-order valence-electron chi connectivity index (χ3n) is 2.49. The highest BCUT2D eigenvalue weighted by molar-refractivity contribution is 6.31. The standard InChI is InChI=1S/C13H13ClN2/c14-13-8-11(1-2-12(13)9-15)7-10-3-5-16-6-4-10/h1-6,8H,7,9,15H2. The average molecular weight is 233 g/mol. The fourth-order valence-corrected chi connectivity index (χ4v) is 1.88. The lowest BCUT2D eigenvalue weighted by atomic mass is 10.0. The Morgan fingerprint density at radius 1 is 1.06 bits per heavy atom. The van der Waals surface area contributed by atoms with Crippen molar-refractivity contribution in [2.75, 3.05) is 0 Å². The van der Waals surface area contributed by atoms with Gasteiger partial charge in [0.25, 0.3) is 0 Å². The van der Waals surface area contributed by atoms with E-state index in [2.05, 4.69) is 11.1 Å². The highest BCUT2D eigenvalue weighted by atomic mass is 35.5. The third-order valence-corrected chi connectivity index (χ3v) is 2.85. The molecule has 0 amide bonds. The molecule has 0 atom stereocenters. The van der Waals surface area contributed by atoms with Crippen molar-refractivity contribution < 1.29 is 0 Å². The Balaban J connectivity index is 2.20. The van der Waals surface area contributed by atoms with E-state index in [0.29, 0.717) is 6.54 Å². The quantitative estimate of drug-likeness (QED) is 0.884. The smallest absolute Gasteiger partial charge is 0.0453 e. The van der Waals surface area contributed by atoms with Crippen molar-refractivity contribution in [3.05, 3.63) is 64.4 Å². The van der Waals surface area contributed by atoms with Crippen LogP contribution in [0.15, 0.2) is 42.7 Å². The van der Waals surface area contributed by atoms with Crippen LogP contribution in [0.1, 0.15) is 16.7 Å². The molecule has 2 N–H and O–H groups in total. The van der Waals surface area contributed by atoms with Crippen molar-refractivity contribution >= 4 is 11.6 Å². The zero-order valence-electron chi connectivity index (χ0n) is 8.86. The molecular formula is C13H13ClN2. The van der Waals surface area contributed by atoms with Gasteiger partial charge in [0.05, 0.1) is 0 Å². The summed E-state index contributed by atoms with van der Waals surface area (Å²) in [6.07, 6.45) is 4.46. The molecule has 0 unspecified atom stereocenters. The maximum absolute atomic E-state index is 6.10. The summed E-state index contributed by atoms with van der Waals surface area (Å²) in [4.78, 5) is 3.99. The van der Waals surface area contributed by atoms with Gasteiger partial charge in [0.1, 0.15) is 0 Å². The van der Waals surface area contributed by atoms with Crippen LogP contribution in [0, 0.1) is 0 Å². The van der Waals surface area contributed by atoms with Gasteiger partial charge in [-0.15, -0.1) is 0 Å². The number of pyridine rings is 1. The fraction of sp³-hybridized carbons (Fsp3) is 0.154. The monoisotopic (exact) mass is 232 g/mol. The van der Waals surface area contributed by atoms with Crippen LogP contribution in [0.3, 0.4) is 0 Å². The van der Waals surface area contributed by atoms with Crippen LogP contribution in [0.2, 0.25) is 5.02 Å². The molecule has 0 aliphatic heterocycles. The molecule has 16 heavy (non-hydrogen) atoms. The SMILES string of the molecule is NCc1ccc(Cc2ccncc2)cc1Cl. The molecule has 1 heterocycles. The predicted octanol–water partition coefficient (Wildman–Crippen LogP) is 2.78. The molecule has 0 saturated carbocycles. The number of halogens is 1. The van der Waals surface area contributed by atoms with Crippen molar-refractivity contribution in [1.29, 1.82) is 0 Å². The van der Waals surface area contributed by atoms with Crippen LogP contribution in [-0.4, -0.2) is 4.98 Å². The van der Waals surface area contributed by atoms with Crippen LogP contribution in [0.4, 0.5) is 0 Å². The Kier molecular flexibility index (Phi) is 3.54. The van der Waals surface area contributed by atoms with Crippen LogP contribution in [0.5, 0.6) is 0 Å².